The van der Waals surface area contributed by atoms with Gasteiger partial charge in [-0.3, -0.25) is 4.79 Å². The summed E-state index contributed by atoms with van der Waals surface area (Å²) in [6.45, 7) is 0.973. The smallest absolute Gasteiger partial charge is 0.347 e. The molecule has 138 valence electrons. The maximum atomic E-state index is 12.0. The number of carbonyl (C=O) groups is 2. The van der Waals surface area contributed by atoms with Crippen LogP contribution in [0.1, 0.15) is 6.92 Å². The molecule has 1 atom stereocenters. The third-order valence-corrected chi connectivity index (χ3v) is 4.16. The highest BCUT2D eigenvalue weighted by Crippen LogP contribution is 2.28. The van der Waals surface area contributed by atoms with Gasteiger partial charge in [0.15, 0.2) is 12.7 Å². The fraction of sp³-hybridized carbons (Fsp3) is 0.176. The Morgan fingerprint density at radius 1 is 1.00 bits per heavy atom. The van der Waals surface area contributed by atoms with Crippen LogP contribution in [0, 0.1) is 0 Å². The van der Waals surface area contributed by atoms with Crippen LogP contribution >= 0.6 is 46.4 Å². The van der Waals surface area contributed by atoms with Gasteiger partial charge in [0, 0.05) is 10.0 Å². The number of carbonyl (C=O) groups excluding carboxylic acids is 2. The predicted molar refractivity (Wildman–Crippen MR) is 103 cm³/mol. The predicted octanol–water partition coefficient (Wildman–Crippen LogP) is 5.25. The zero-order valence-corrected chi connectivity index (χ0v) is 16.4. The second kappa shape index (κ2) is 9.33. The summed E-state index contributed by atoms with van der Waals surface area (Å²) in [6, 6.07) is 9.18. The number of esters is 1. The lowest BCUT2D eigenvalue weighted by Gasteiger charge is -2.15. The zero-order chi connectivity index (χ0) is 19.3. The molecule has 5 nitrogen and oxygen atoms in total. The maximum Gasteiger partial charge on any atom is 0.347 e. The lowest BCUT2D eigenvalue weighted by atomic mass is 10.3. The van der Waals surface area contributed by atoms with Crippen molar-refractivity contribution in [2.24, 2.45) is 0 Å². The number of hydrogen-bond acceptors (Lipinski definition) is 4. The maximum absolute atomic E-state index is 12.0. The summed E-state index contributed by atoms with van der Waals surface area (Å²) in [5.74, 6) is -1.01. The molecule has 0 unspecified atom stereocenters. The highest BCUT2D eigenvalue weighted by atomic mass is 35.5. The first-order valence-corrected chi connectivity index (χ1v) is 8.80. The molecule has 1 N–H and O–H groups in total. The molecule has 2 aromatic carbocycles. The standard InChI is InChI=1S/C17H13Cl4NO4/c1-9(26-15-5-3-11(19)7-13(15)21)17(24)25-8-16(23)22-14-4-2-10(18)6-12(14)20/h2-7,9H,8H2,1H3,(H,22,23)/t9-/m0/s1. The molecule has 2 aromatic rings. The molecule has 0 fully saturated rings. The van der Waals surface area contributed by atoms with Crippen LogP contribution in [0.15, 0.2) is 36.4 Å². The van der Waals surface area contributed by atoms with Crippen molar-refractivity contribution in [1.29, 1.82) is 0 Å². The van der Waals surface area contributed by atoms with E-state index in [0.29, 0.717) is 15.7 Å². The fourth-order valence-electron chi connectivity index (χ4n) is 1.84. The third kappa shape index (κ3) is 5.95. The number of nitrogens with one attached hydrogen (secondary N) is 1. The van der Waals surface area contributed by atoms with Crippen molar-refractivity contribution in [3.63, 3.8) is 0 Å². The zero-order valence-electron chi connectivity index (χ0n) is 13.4. The fourth-order valence-corrected chi connectivity index (χ4v) is 2.75. The van der Waals surface area contributed by atoms with Crippen molar-refractivity contribution < 1.29 is 19.1 Å². The molecule has 0 spiro atoms. The summed E-state index contributed by atoms with van der Waals surface area (Å²) in [5.41, 5.74) is 0.356. The van der Waals surface area contributed by atoms with E-state index in [4.69, 9.17) is 55.9 Å². The van der Waals surface area contributed by atoms with Crippen LogP contribution in [0.5, 0.6) is 5.75 Å². The molecule has 0 aromatic heterocycles. The number of halogens is 4. The lowest BCUT2D eigenvalue weighted by Crippen LogP contribution is -2.29. The first kappa shape index (κ1) is 20.6. The Kier molecular flexibility index (Phi) is 7.41. The van der Waals surface area contributed by atoms with Crippen molar-refractivity contribution in [3.8, 4) is 5.75 Å². The molecule has 0 aliphatic heterocycles. The van der Waals surface area contributed by atoms with Gasteiger partial charge in [0.05, 0.1) is 15.7 Å². The number of ether oxygens (including phenoxy) is 2. The van der Waals surface area contributed by atoms with Crippen LogP contribution in [0.2, 0.25) is 20.1 Å². The van der Waals surface area contributed by atoms with Gasteiger partial charge in [-0.1, -0.05) is 46.4 Å². The minimum absolute atomic E-state index is 0.257. The van der Waals surface area contributed by atoms with Crippen molar-refractivity contribution in [1.82, 2.24) is 0 Å². The van der Waals surface area contributed by atoms with Gasteiger partial charge in [0.1, 0.15) is 5.75 Å². The number of amides is 1. The Bertz CT molecular complexity index is 828. The number of benzene rings is 2. The summed E-state index contributed by atoms with van der Waals surface area (Å²) >= 11 is 23.5. The van der Waals surface area contributed by atoms with Gasteiger partial charge in [0.25, 0.3) is 5.91 Å². The van der Waals surface area contributed by atoms with Crippen molar-refractivity contribution in [3.05, 3.63) is 56.5 Å². The van der Waals surface area contributed by atoms with Crippen LogP contribution in [-0.4, -0.2) is 24.6 Å². The van der Waals surface area contributed by atoms with E-state index in [1.807, 2.05) is 0 Å². The Morgan fingerprint density at radius 2 is 1.62 bits per heavy atom. The molecule has 2 rings (SSSR count). The topological polar surface area (TPSA) is 64.6 Å². The van der Waals surface area contributed by atoms with E-state index in [1.165, 1.54) is 25.1 Å². The molecule has 26 heavy (non-hydrogen) atoms. The molecule has 0 heterocycles. The van der Waals surface area contributed by atoms with Crippen molar-refractivity contribution in [2.75, 3.05) is 11.9 Å². The van der Waals surface area contributed by atoms with E-state index >= 15 is 0 Å². The third-order valence-electron chi connectivity index (χ3n) is 3.08. The largest absolute Gasteiger partial charge is 0.477 e. The van der Waals surface area contributed by atoms with Crippen LogP contribution in [0.3, 0.4) is 0 Å². The van der Waals surface area contributed by atoms with Gasteiger partial charge in [-0.05, 0) is 43.3 Å². The monoisotopic (exact) mass is 435 g/mol. The molecule has 0 saturated heterocycles. The Hall–Kier alpha value is -1.66. The first-order chi connectivity index (χ1) is 12.3. The minimum Gasteiger partial charge on any atom is -0.477 e. The highest BCUT2D eigenvalue weighted by molar-refractivity contribution is 6.37. The normalized spacial score (nSPS) is 11.6. The Labute approximate surface area is 170 Å². The second-order valence-corrected chi connectivity index (χ2v) is 6.80. The van der Waals surface area contributed by atoms with E-state index in [1.54, 1.807) is 18.2 Å². The van der Waals surface area contributed by atoms with E-state index in [2.05, 4.69) is 5.32 Å². The lowest BCUT2D eigenvalue weighted by molar-refractivity contribution is -0.153. The molecule has 0 aliphatic carbocycles. The Morgan fingerprint density at radius 3 is 2.23 bits per heavy atom. The summed E-state index contributed by atoms with van der Waals surface area (Å²) in [5, 5.41) is 3.92. The molecule has 1 amide bonds. The van der Waals surface area contributed by atoms with Gasteiger partial charge in [-0.15, -0.1) is 0 Å². The average molecular weight is 437 g/mol. The van der Waals surface area contributed by atoms with E-state index in [-0.39, 0.29) is 15.8 Å². The van der Waals surface area contributed by atoms with E-state index in [0.717, 1.165) is 0 Å². The average Bonchev–Trinajstić information content (AvgIpc) is 2.57. The van der Waals surface area contributed by atoms with Crippen LogP contribution in [-0.2, 0) is 14.3 Å². The molecule has 0 aliphatic rings. The van der Waals surface area contributed by atoms with Crippen LogP contribution in [0.25, 0.3) is 0 Å². The van der Waals surface area contributed by atoms with Crippen LogP contribution in [0.4, 0.5) is 5.69 Å². The van der Waals surface area contributed by atoms with Crippen molar-refractivity contribution in [2.45, 2.75) is 13.0 Å². The Balaban J connectivity index is 1.85. The van der Waals surface area contributed by atoms with Gasteiger partial charge >= 0.3 is 5.97 Å². The number of hydrogen-bond donors (Lipinski definition) is 1. The second-order valence-electron chi connectivity index (χ2n) is 5.11. The SMILES string of the molecule is C[C@H](Oc1ccc(Cl)cc1Cl)C(=O)OCC(=O)Nc1ccc(Cl)cc1Cl. The summed E-state index contributed by atoms with van der Waals surface area (Å²) in [7, 11) is 0. The number of anilines is 1. The highest BCUT2D eigenvalue weighted by Gasteiger charge is 2.19. The van der Waals surface area contributed by atoms with Gasteiger partial charge in [0.2, 0.25) is 0 Å². The molecular formula is C17H13Cl4NO4. The number of rotatable bonds is 6. The minimum atomic E-state index is -0.972. The van der Waals surface area contributed by atoms with Gasteiger partial charge < -0.3 is 14.8 Å². The molecule has 0 radical (unpaired) electrons. The van der Waals surface area contributed by atoms with E-state index < -0.39 is 24.6 Å². The quantitative estimate of drug-likeness (QED) is 0.628. The molecule has 0 saturated carbocycles. The first-order valence-electron chi connectivity index (χ1n) is 7.29. The summed E-state index contributed by atoms with van der Waals surface area (Å²) in [6.07, 6.45) is -0.972. The molecular weight excluding hydrogens is 424 g/mol. The van der Waals surface area contributed by atoms with Crippen molar-refractivity contribution >= 4 is 64.0 Å². The van der Waals surface area contributed by atoms with Gasteiger partial charge in [-0.2, -0.15) is 0 Å². The van der Waals surface area contributed by atoms with Gasteiger partial charge in [-0.25, -0.2) is 4.79 Å². The summed E-state index contributed by atoms with van der Waals surface area (Å²) in [4.78, 5) is 23.8. The summed E-state index contributed by atoms with van der Waals surface area (Å²) < 4.78 is 10.3. The van der Waals surface area contributed by atoms with Crippen LogP contribution < -0.4 is 10.1 Å². The molecule has 0 bridgehead atoms. The van der Waals surface area contributed by atoms with E-state index in [9.17, 15) is 9.59 Å². The molecule has 9 heteroatoms.